The number of hydrogen-bond acceptors (Lipinski definition) is 3. The molecule has 0 unspecified atom stereocenters. The molecule has 0 aromatic carbocycles. The lowest BCUT2D eigenvalue weighted by atomic mass is 10.5. The first-order chi connectivity index (χ1) is 6.18. The highest BCUT2D eigenvalue weighted by molar-refractivity contribution is 8.09. The number of hydrogen-bond donors (Lipinski definition) is 0. The van der Waals surface area contributed by atoms with Crippen molar-refractivity contribution in [2.75, 3.05) is 19.4 Å². The highest BCUT2D eigenvalue weighted by Crippen LogP contribution is 2.49. The van der Waals surface area contributed by atoms with Gasteiger partial charge in [0.25, 0.3) is 0 Å². The molecule has 4 heteroatoms. The van der Waals surface area contributed by atoms with E-state index in [2.05, 4.69) is 20.8 Å². The Balaban J connectivity index is 3.92. The van der Waals surface area contributed by atoms with E-state index in [4.69, 9.17) is 20.9 Å². The van der Waals surface area contributed by atoms with Gasteiger partial charge in [0.1, 0.15) is 0 Å². The summed E-state index contributed by atoms with van der Waals surface area (Å²) < 4.78 is 11.2. The average Bonchev–Trinajstić information content (AvgIpc) is 2.12. The molecule has 0 amide bonds. The summed E-state index contributed by atoms with van der Waals surface area (Å²) in [5.41, 5.74) is 0. The smallest absolute Gasteiger partial charge is 0.188 e. The molecule has 0 aliphatic rings. The molecule has 0 heterocycles. The Hall–Kier alpha value is 0.570. The molecule has 0 aliphatic heterocycles. The van der Waals surface area contributed by atoms with Crippen molar-refractivity contribution in [3.05, 3.63) is 0 Å². The minimum Gasteiger partial charge on any atom is -0.329 e. The Bertz CT molecular complexity index is 150. The average molecular weight is 224 g/mol. The fraction of sp³-hybridized carbons (Fsp3) is 1.00. The summed E-state index contributed by atoms with van der Waals surface area (Å²) in [4.78, 5) is 0. The van der Waals surface area contributed by atoms with Gasteiger partial charge in [-0.15, -0.1) is 0 Å². The van der Waals surface area contributed by atoms with Crippen molar-refractivity contribution < 1.29 is 9.05 Å². The predicted octanol–water partition coefficient (Wildman–Crippen LogP) is 3.56. The molecule has 0 saturated carbocycles. The van der Waals surface area contributed by atoms with E-state index in [1.807, 2.05) is 0 Å². The molecule has 0 aromatic rings. The molecule has 0 aromatic heterocycles. The van der Waals surface area contributed by atoms with Crippen molar-refractivity contribution in [1.82, 2.24) is 0 Å². The van der Waals surface area contributed by atoms with Crippen LogP contribution < -0.4 is 0 Å². The lowest BCUT2D eigenvalue weighted by molar-refractivity contribution is 0.246. The molecule has 0 bridgehead atoms. The van der Waals surface area contributed by atoms with E-state index in [0.29, 0.717) is 0 Å². The molecule has 0 spiro atoms. The van der Waals surface area contributed by atoms with Gasteiger partial charge in [0.2, 0.25) is 0 Å². The van der Waals surface area contributed by atoms with Crippen LogP contribution in [-0.2, 0) is 20.9 Å². The van der Waals surface area contributed by atoms with E-state index in [1.165, 1.54) is 0 Å². The standard InChI is InChI=1S/C9H21O2PS/c1-4-7-10-12(13,9-6-3)11-8-5-2/h4-9H2,1-3H3. The van der Waals surface area contributed by atoms with Gasteiger partial charge in [-0.2, -0.15) is 0 Å². The Morgan fingerprint density at radius 2 is 1.38 bits per heavy atom. The third kappa shape index (κ3) is 6.62. The van der Waals surface area contributed by atoms with Crippen molar-refractivity contribution in [2.45, 2.75) is 40.0 Å². The summed E-state index contributed by atoms with van der Waals surface area (Å²) in [6, 6.07) is 0. The quantitative estimate of drug-likeness (QED) is 0.587. The van der Waals surface area contributed by atoms with Gasteiger partial charge in [0.15, 0.2) is 6.49 Å². The van der Waals surface area contributed by atoms with E-state index in [9.17, 15) is 0 Å². The van der Waals surface area contributed by atoms with Crippen LogP contribution in [0.4, 0.5) is 0 Å². The van der Waals surface area contributed by atoms with E-state index in [-0.39, 0.29) is 0 Å². The fourth-order valence-corrected chi connectivity index (χ4v) is 3.70. The van der Waals surface area contributed by atoms with Crippen molar-refractivity contribution in [3.8, 4) is 0 Å². The van der Waals surface area contributed by atoms with Crippen LogP contribution in [0.25, 0.3) is 0 Å². The summed E-state index contributed by atoms with van der Waals surface area (Å²) in [5, 5.41) is 0. The molecule has 0 saturated heterocycles. The van der Waals surface area contributed by atoms with E-state index >= 15 is 0 Å². The summed E-state index contributed by atoms with van der Waals surface area (Å²) in [5.74, 6) is 0. The van der Waals surface area contributed by atoms with Crippen LogP contribution in [0, 0.1) is 0 Å². The zero-order chi connectivity index (χ0) is 10.2. The summed E-state index contributed by atoms with van der Waals surface area (Å²) in [7, 11) is 0. The molecule has 0 rings (SSSR count). The molecule has 0 fully saturated rings. The second-order valence-corrected chi connectivity index (χ2v) is 6.86. The maximum atomic E-state index is 5.62. The van der Waals surface area contributed by atoms with Gasteiger partial charge < -0.3 is 9.05 Å². The molecule has 0 radical (unpaired) electrons. The van der Waals surface area contributed by atoms with Crippen LogP contribution in [0.1, 0.15) is 40.0 Å². The van der Waals surface area contributed by atoms with Crippen LogP contribution in [0.2, 0.25) is 0 Å². The molecule has 2 nitrogen and oxygen atoms in total. The van der Waals surface area contributed by atoms with Gasteiger partial charge >= 0.3 is 0 Å². The van der Waals surface area contributed by atoms with Crippen LogP contribution in [-0.4, -0.2) is 19.4 Å². The van der Waals surface area contributed by atoms with Gasteiger partial charge in [-0.1, -0.05) is 20.8 Å². The number of rotatable bonds is 8. The normalized spacial score (nSPS) is 11.9. The summed E-state index contributed by atoms with van der Waals surface area (Å²) >= 11 is 5.40. The van der Waals surface area contributed by atoms with Crippen molar-refractivity contribution in [3.63, 3.8) is 0 Å². The van der Waals surface area contributed by atoms with Crippen molar-refractivity contribution in [2.24, 2.45) is 0 Å². The monoisotopic (exact) mass is 224 g/mol. The third-order valence-corrected chi connectivity index (χ3v) is 4.81. The van der Waals surface area contributed by atoms with E-state index in [0.717, 1.165) is 38.6 Å². The lowest BCUT2D eigenvalue weighted by Crippen LogP contribution is -2.01. The molecular weight excluding hydrogens is 203 g/mol. The minimum atomic E-state index is -1.92. The molecule has 80 valence electrons. The molecule has 0 atom stereocenters. The van der Waals surface area contributed by atoms with Gasteiger partial charge in [-0.05, 0) is 31.1 Å². The Morgan fingerprint density at radius 3 is 1.69 bits per heavy atom. The SMILES string of the molecule is CCCOP(=S)(CCC)OCCC. The van der Waals surface area contributed by atoms with Gasteiger partial charge in [0.05, 0.1) is 13.2 Å². The minimum absolute atomic E-state index is 0.737. The van der Waals surface area contributed by atoms with Crippen LogP contribution in [0.5, 0.6) is 0 Å². The highest BCUT2D eigenvalue weighted by Gasteiger charge is 2.16. The first-order valence-electron chi connectivity index (χ1n) is 5.06. The van der Waals surface area contributed by atoms with E-state index in [1.54, 1.807) is 0 Å². The van der Waals surface area contributed by atoms with Crippen LogP contribution in [0.3, 0.4) is 0 Å². The summed E-state index contributed by atoms with van der Waals surface area (Å²) in [6.45, 7) is 5.85. The largest absolute Gasteiger partial charge is 0.329 e. The lowest BCUT2D eigenvalue weighted by Gasteiger charge is -2.21. The molecular formula is C9H21O2PS. The maximum absolute atomic E-state index is 5.62. The van der Waals surface area contributed by atoms with Crippen LogP contribution in [0.15, 0.2) is 0 Å². The van der Waals surface area contributed by atoms with Crippen molar-refractivity contribution in [1.29, 1.82) is 0 Å². The maximum Gasteiger partial charge on any atom is 0.188 e. The van der Waals surface area contributed by atoms with Crippen molar-refractivity contribution >= 4 is 18.3 Å². The zero-order valence-corrected chi connectivity index (χ0v) is 10.6. The first kappa shape index (κ1) is 13.6. The van der Waals surface area contributed by atoms with Gasteiger partial charge in [-0.3, -0.25) is 0 Å². The van der Waals surface area contributed by atoms with Gasteiger partial charge in [0, 0.05) is 6.16 Å². The second kappa shape index (κ2) is 7.93. The molecule has 0 N–H and O–H groups in total. The first-order valence-corrected chi connectivity index (χ1v) is 7.89. The van der Waals surface area contributed by atoms with Crippen LogP contribution >= 0.6 is 6.49 Å². The second-order valence-electron chi connectivity index (χ2n) is 3.00. The Kier molecular flexibility index (Phi) is 8.27. The highest BCUT2D eigenvalue weighted by atomic mass is 32.5. The predicted molar refractivity (Wildman–Crippen MR) is 61.9 cm³/mol. The third-order valence-electron chi connectivity index (χ3n) is 1.48. The summed E-state index contributed by atoms with van der Waals surface area (Å²) in [6.07, 6.45) is 3.97. The molecule has 0 aliphatic carbocycles. The topological polar surface area (TPSA) is 18.5 Å². The molecule has 13 heavy (non-hydrogen) atoms. The zero-order valence-electron chi connectivity index (χ0n) is 8.91. The van der Waals surface area contributed by atoms with E-state index < -0.39 is 6.49 Å². The Labute approximate surface area is 87.2 Å². The Morgan fingerprint density at radius 1 is 0.923 bits per heavy atom. The fourth-order valence-electron chi connectivity index (χ4n) is 0.901. The van der Waals surface area contributed by atoms with Gasteiger partial charge in [-0.25, -0.2) is 0 Å².